The van der Waals surface area contributed by atoms with Crippen molar-refractivity contribution in [2.24, 2.45) is 17.8 Å². The third-order valence-corrected chi connectivity index (χ3v) is 4.89. The molecule has 142 valence electrons. The quantitative estimate of drug-likeness (QED) is 0.434. The van der Waals surface area contributed by atoms with Crippen LogP contribution in [0.15, 0.2) is 24.3 Å². The molecule has 1 saturated carbocycles. The lowest BCUT2D eigenvalue weighted by molar-refractivity contribution is -0.385. The number of ether oxygens (including phenoxy) is 2. The standard InChI is InChI=1S/C19H25NO6/c1-12(2)14-9-8-13(3)10-17(14)26-18(21)11-25-19(22)15-6-4-5-7-16(15)20(23)24/h4-7,12-14,17H,8-11H2,1-3H3/t13-,14+,17+/m1/s1. The SMILES string of the molecule is CC(C)[C@@H]1CC[C@@H](C)C[C@@H]1OC(=O)COC(=O)c1ccccc1[N+](=O)[O-]. The minimum Gasteiger partial charge on any atom is -0.460 e. The number of para-hydroxylation sites is 1. The lowest BCUT2D eigenvalue weighted by Crippen LogP contribution is -2.36. The van der Waals surface area contributed by atoms with Crippen molar-refractivity contribution in [3.63, 3.8) is 0 Å². The summed E-state index contributed by atoms with van der Waals surface area (Å²) >= 11 is 0. The molecule has 0 unspecified atom stereocenters. The number of hydrogen-bond donors (Lipinski definition) is 0. The molecule has 1 aromatic rings. The van der Waals surface area contributed by atoms with Gasteiger partial charge in [0.25, 0.3) is 5.69 Å². The second-order valence-corrected chi connectivity index (χ2v) is 7.20. The van der Waals surface area contributed by atoms with Crippen LogP contribution in [0.3, 0.4) is 0 Å². The number of nitro groups is 1. The Labute approximate surface area is 152 Å². The van der Waals surface area contributed by atoms with Crippen LogP contribution in [0.4, 0.5) is 5.69 Å². The number of carbonyl (C=O) groups excluding carboxylic acids is 2. The fourth-order valence-electron chi connectivity index (χ4n) is 3.46. The molecule has 1 aliphatic rings. The Morgan fingerprint density at radius 2 is 1.96 bits per heavy atom. The summed E-state index contributed by atoms with van der Waals surface area (Å²) in [5.74, 6) is -0.360. The van der Waals surface area contributed by atoms with E-state index < -0.39 is 23.5 Å². The normalized spacial score (nSPS) is 22.7. The van der Waals surface area contributed by atoms with Crippen molar-refractivity contribution in [1.29, 1.82) is 0 Å². The number of carbonyl (C=O) groups is 2. The van der Waals surface area contributed by atoms with Gasteiger partial charge in [0.1, 0.15) is 11.7 Å². The molecule has 0 spiro atoms. The zero-order valence-corrected chi connectivity index (χ0v) is 15.3. The molecule has 1 aliphatic carbocycles. The predicted octanol–water partition coefficient (Wildman–Crippen LogP) is 3.76. The highest BCUT2D eigenvalue weighted by atomic mass is 16.6. The average Bonchev–Trinajstić information content (AvgIpc) is 2.59. The van der Waals surface area contributed by atoms with E-state index in [1.54, 1.807) is 0 Å². The lowest BCUT2D eigenvalue weighted by Gasteiger charge is -2.36. The van der Waals surface area contributed by atoms with Crippen molar-refractivity contribution in [2.75, 3.05) is 6.61 Å². The third-order valence-electron chi connectivity index (χ3n) is 4.89. The van der Waals surface area contributed by atoms with Crippen LogP contribution in [0, 0.1) is 27.9 Å². The van der Waals surface area contributed by atoms with E-state index in [0.29, 0.717) is 17.8 Å². The molecule has 0 saturated heterocycles. The summed E-state index contributed by atoms with van der Waals surface area (Å²) in [5.41, 5.74) is -0.538. The molecule has 7 nitrogen and oxygen atoms in total. The van der Waals surface area contributed by atoms with Crippen LogP contribution in [0.1, 0.15) is 50.4 Å². The van der Waals surface area contributed by atoms with E-state index in [2.05, 4.69) is 20.8 Å². The number of esters is 2. The van der Waals surface area contributed by atoms with Crippen molar-refractivity contribution in [1.82, 2.24) is 0 Å². The molecular formula is C19H25NO6. The molecule has 26 heavy (non-hydrogen) atoms. The van der Waals surface area contributed by atoms with Crippen LogP contribution < -0.4 is 0 Å². The monoisotopic (exact) mass is 363 g/mol. The number of hydrogen-bond acceptors (Lipinski definition) is 6. The molecule has 1 aromatic carbocycles. The van der Waals surface area contributed by atoms with Crippen LogP contribution >= 0.6 is 0 Å². The summed E-state index contributed by atoms with van der Waals surface area (Å²) in [4.78, 5) is 34.5. The zero-order valence-electron chi connectivity index (χ0n) is 15.3. The molecular weight excluding hydrogens is 338 g/mol. The number of rotatable bonds is 6. The van der Waals surface area contributed by atoms with Gasteiger partial charge in [-0.15, -0.1) is 0 Å². The molecule has 0 N–H and O–H groups in total. The lowest BCUT2D eigenvalue weighted by atomic mass is 9.75. The van der Waals surface area contributed by atoms with Crippen molar-refractivity contribution >= 4 is 17.6 Å². The van der Waals surface area contributed by atoms with Gasteiger partial charge in [0, 0.05) is 6.07 Å². The topological polar surface area (TPSA) is 95.7 Å². The van der Waals surface area contributed by atoms with E-state index in [9.17, 15) is 19.7 Å². The third kappa shape index (κ3) is 5.03. The summed E-state index contributed by atoms with van der Waals surface area (Å²) in [6.07, 6.45) is 2.74. The van der Waals surface area contributed by atoms with Crippen molar-refractivity contribution in [3.05, 3.63) is 39.9 Å². The summed E-state index contributed by atoms with van der Waals surface area (Å²) in [6, 6.07) is 5.47. The summed E-state index contributed by atoms with van der Waals surface area (Å²) in [5, 5.41) is 11.0. The van der Waals surface area contributed by atoms with Crippen molar-refractivity contribution in [2.45, 2.75) is 46.1 Å². The first-order valence-corrected chi connectivity index (χ1v) is 8.89. The molecule has 3 atom stereocenters. The Hall–Kier alpha value is -2.44. The van der Waals surface area contributed by atoms with Gasteiger partial charge in [0.05, 0.1) is 4.92 Å². The first kappa shape index (κ1) is 19.9. The van der Waals surface area contributed by atoms with Gasteiger partial charge in [-0.3, -0.25) is 10.1 Å². The highest BCUT2D eigenvalue weighted by molar-refractivity contribution is 5.94. The van der Waals surface area contributed by atoms with Crippen LogP contribution in [-0.2, 0) is 14.3 Å². The van der Waals surface area contributed by atoms with Crippen molar-refractivity contribution < 1.29 is 24.0 Å². The Bertz CT molecular complexity index is 672. The molecule has 1 fully saturated rings. The van der Waals surface area contributed by atoms with Crippen LogP contribution in [0.5, 0.6) is 0 Å². The number of benzene rings is 1. The molecule has 0 aromatic heterocycles. The van der Waals surface area contributed by atoms with E-state index in [1.165, 1.54) is 24.3 Å². The maximum absolute atomic E-state index is 12.1. The van der Waals surface area contributed by atoms with Gasteiger partial charge in [-0.1, -0.05) is 39.3 Å². The van der Waals surface area contributed by atoms with E-state index in [4.69, 9.17) is 9.47 Å². The Kier molecular flexibility index (Phi) is 6.71. The van der Waals surface area contributed by atoms with Gasteiger partial charge in [0.15, 0.2) is 6.61 Å². The largest absolute Gasteiger partial charge is 0.460 e. The van der Waals surface area contributed by atoms with Gasteiger partial charge in [0.2, 0.25) is 0 Å². The summed E-state index contributed by atoms with van der Waals surface area (Å²) in [6.45, 7) is 5.79. The highest BCUT2D eigenvalue weighted by Gasteiger charge is 2.33. The second kappa shape index (κ2) is 8.78. The van der Waals surface area contributed by atoms with Gasteiger partial charge < -0.3 is 9.47 Å². The van der Waals surface area contributed by atoms with Gasteiger partial charge >= 0.3 is 11.9 Å². The summed E-state index contributed by atoms with van der Waals surface area (Å²) < 4.78 is 10.5. The molecule has 0 amide bonds. The molecule has 0 heterocycles. The fraction of sp³-hybridized carbons (Fsp3) is 0.579. The molecule has 0 aliphatic heterocycles. The van der Waals surface area contributed by atoms with Crippen molar-refractivity contribution in [3.8, 4) is 0 Å². The Morgan fingerprint density at radius 3 is 2.62 bits per heavy atom. The Morgan fingerprint density at radius 1 is 1.27 bits per heavy atom. The fourth-order valence-corrected chi connectivity index (χ4v) is 3.46. The molecule has 2 rings (SSSR count). The van der Waals surface area contributed by atoms with Gasteiger partial charge in [-0.2, -0.15) is 0 Å². The second-order valence-electron chi connectivity index (χ2n) is 7.20. The Balaban J connectivity index is 1.94. The predicted molar refractivity (Wildman–Crippen MR) is 94.6 cm³/mol. The van der Waals surface area contributed by atoms with Gasteiger partial charge in [-0.25, -0.2) is 9.59 Å². The van der Waals surface area contributed by atoms with E-state index >= 15 is 0 Å². The maximum Gasteiger partial charge on any atom is 0.345 e. The van der Waals surface area contributed by atoms with E-state index in [0.717, 1.165) is 19.3 Å². The number of nitrogens with zero attached hydrogens (tertiary/aromatic N) is 1. The average molecular weight is 363 g/mol. The zero-order chi connectivity index (χ0) is 19.3. The van der Waals surface area contributed by atoms with Gasteiger partial charge in [-0.05, 0) is 36.7 Å². The summed E-state index contributed by atoms with van der Waals surface area (Å²) in [7, 11) is 0. The first-order chi connectivity index (χ1) is 12.3. The minimum absolute atomic E-state index is 0.184. The molecule has 0 bridgehead atoms. The molecule has 7 heteroatoms. The van der Waals surface area contributed by atoms with Crippen LogP contribution in [0.2, 0.25) is 0 Å². The van der Waals surface area contributed by atoms with E-state index in [1.807, 2.05) is 0 Å². The van der Waals surface area contributed by atoms with E-state index in [-0.39, 0.29) is 17.4 Å². The smallest absolute Gasteiger partial charge is 0.345 e. The molecule has 0 radical (unpaired) electrons. The number of nitro benzene ring substituents is 1. The van der Waals surface area contributed by atoms with Crippen LogP contribution in [-0.4, -0.2) is 29.6 Å². The maximum atomic E-state index is 12.1. The highest BCUT2D eigenvalue weighted by Crippen LogP contribution is 2.35. The van der Waals surface area contributed by atoms with Crippen LogP contribution in [0.25, 0.3) is 0 Å². The first-order valence-electron chi connectivity index (χ1n) is 8.89. The minimum atomic E-state index is -0.910.